The summed E-state index contributed by atoms with van der Waals surface area (Å²) in [6, 6.07) is 10.4. The largest absolute Gasteiger partial charge is 0.381 e. The van der Waals surface area contributed by atoms with Crippen LogP contribution in [0.1, 0.15) is 87.7 Å². The number of unbranched alkanes of at least 4 members (excludes halogenated alkanes) is 4. The maximum atomic E-state index is 8.91. The van der Waals surface area contributed by atoms with Crippen LogP contribution in [0.25, 0.3) is 0 Å². The minimum atomic E-state index is 0.698. The van der Waals surface area contributed by atoms with Gasteiger partial charge in [0.2, 0.25) is 0 Å². The average molecular weight is 354 g/mol. The molecule has 1 aliphatic rings. The van der Waals surface area contributed by atoms with E-state index in [1.165, 1.54) is 69.8 Å². The van der Waals surface area contributed by atoms with Crippen molar-refractivity contribution in [2.24, 2.45) is 5.92 Å². The highest BCUT2D eigenvalue weighted by molar-refractivity contribution is 5.33. The van der Waals surface area contributed by atoms with Crippen LogP contribution in [0.4, 0.5) is 0 Å². The summed E-state index contributed by atoms with van der Waals surface area (Å²) in [5, 5.41) is 8.91. The molecule has 0 aromatic heterocycles. The predicted molar refractivity (Wildman–Crippen MR) is 109 cm³/mol. The third-order valence-corrected chi connectivity index (χ3v) is 5.71. The first-order valence-corrected chi connectivity index (χ1v) is 10.5. The molecule has 0 N–H and O–H groups in total. The van der Waals surface area contributed by atoms with E-state index in [1.807, 2.05) is 18.2 Å². The zero-order valence-corrected chi connectivity index (χ0v) is 16.3. The third kappa shape index (κ3) is 7.75. The topological polar surface area (TPSA) is 33.0 Å². The number of benzene rings is 1. The Morgan fingerprint density at radius 3 is 2.31 bits per heavy atom. The summed E-state index contributed by atoms with van der Waals surface area (Å²) in [5.74, 6) is 1.60. The summed E-state index contributed by atoms with van der Waals surface area (Å²) in [6.07, 6.45) is 16.0. The Hall–Kier alpha value is -1.59. The molecule has 0 amide bonds. The lowest BCUT2D eigenvalue weighted by Crippen LogP contribution is -2.13. The lowest BCUT2D eigenvalue weighted by molar-refractivity contribution is 0.124. The highest BCUT2D eigenvalue weighted by Crippen LogP contribution is 2.37. The van der Waals surface area contributed by atoms with Gasteiger partial charge in [0.25, 0.3) is 0 Å². The molecule has 1 fully saturated rings. The smallest absolute Gasteiger partial charge is 0.0991 e. The molecular formula is C24H35NO. The van der Waals surface area contributed by atoms with Crippen LogP contribution in [-0.4, -0.2) is 13.2 Å². The van der Waals surface area contributed by atoms with Gasteiger partial charge in [0, 0.05) is 13.2 Å². The molecule has 1 aromatic carbocycles. The Bertz CT molecular complexity index is 534. The number of nitrogens with zero attached hydrogens (tertiary/aromatic N) is 1. The summed E-state index contributed by atoms with van der Waals surface area (Å²) < 4.78 is 5.75. The van der Waals surface area contributed by atoms with Crippen LogP contribution in [0, 0.1) is 17.2 Å². The second-order valence-electron chi connectivity index (χ2n) is 7.70. The molecule has 0 unspecified atom stereocenters. The van der Waals surface area contributed by atoms with E-state index >= 15 is 0 Å². The summed E-state index contributed by atoms with van der Waals surface area (Å²) in [7, 11) is 0. The fraction of sp³-hybridized carbons (Fsp3) is 0.625. The van der Waals surface area contributed by atoms with Crippen LogP contribution in [0.15, 0.2) is 36.9 Å². The van der Waals surface area contributed by atoms with Gasteiger partial charge < -0.3 is 4.74 Å². The third-order valence-electron chi connectivity index (χ3n) is 5.71. The van der Waals surface area contributed by atoms with E-state index < -0.39 is 0 Å². The monoisotopic (exact) mass is 353 g/mol. The van der Waals surface area contributed by atoms with Crippen LogP contribution >= 0.6 is 0 Å². The highest BCUT2D eigenvalue weighted by atomic mass is 16.5. The van der Waals surface area contributed by atoms with Crippen molar-refractivity contribution in [1.82, 2.24) is 0 Å². The SMILES string of the molecule is C=CCCCCCOCCCCC1CCC(c2ccc(C#N)cc2)CC1. The van der Waals surface area contributed by atoms with Gasteiger partial charge in [-0.15, -0.1) is 6.58 Å². The minimum Gasteiger partial charge on any atom is -0.381 e. The molecule has 2 nitrogen and oxygen atoms in total. The molecule has 2 rings (SSSR count). The van der Waals surface area contributed by atoms with Crippen LogP contribution < -0.4 is 0 Å². The quantitative estimate of drug-likeness (QED) is 0.307. The minimum absolute atomic E-state index is 0.698. The van der Waals surface area contributed by atoms with Crippen LogP contribution in [0.5, 0.6) is 0 Å². The van der Waals surface area contributed by atoms with E-state index in [0.29, 0.717) is 5.92 Å². The number of ether oxygens (including phenoxy) is 1. The number of hydrogen-bond donors (Lipinski definition) is 0. The van der Waals surface area contributed by atoms with Crippen molar-refractivity contribution in [3.8, 4) is 6.07 Å². The van der Waals surface area contributed by atoms with Crippen LogP contribution in [0.3, 0.4) is 0 Å². The van der Waals surface area contributed by atoms with Crippen LogP contribution in [-0.2, 0) is 4.74 Å². The van der Waals surface area contributed by atoms with Crippen molar-refractivity contribution in [3.63, 3.8) is 0 Å². The van der Waals surface area contributed by atoms with Gasteiger partial charge in [0.05, 0.1) is 11.6 Å². The van der Waals surface area contributed by atoms with Gasteiger partial charge in [-0.05, 0) is 80.9 Å². The summed E-state index contributed by atoms with van der Waals surface area (Å²) in [4.78, 5) is 0. The Labute approximate surface area is 160 Å². The van der Waals surface area contributed by atoms with Gasteiger partial charge in [-0.25, -0.2) is 0 Å². The lowest BCUT2D eigenvalue weighted by Gasteiger charge is -2.29. The van der Waals surface area contributed by atoms with Gasteiger partial charge in [0.15, 0.2) is 0 Å². The molecule has 0 bridgehead atoms. The maximum Gasteiger partial charge on any atom is 0.0991 e. The molecule has 0 spiro atoms. The second-order valence-corrected chi connectivity index (χ2v) is 7.70. The number of rotatable bonds is 12. The molecule has 142 valence electrons. The van der Waals surface area contributed by atoms with E-state index in [1.54, 1.807) is 0 Å². The van der Waals surface area contributed by atoms with E-state index in [-0.39, 0.29) is 0 Å². The summed E-state index contributed by atoms with van der Waals surface area (Å²) in [5.41, 5.74) is 2.19. The molecule has 2 heteroatoms. The first-order valence-electron chi connectivity index (χ1n) is 10.5. The van der Waals surface area contributed by atoms with E-state index in [4.69, 9.17) is 10.00 Å². The Morgan fingerprint density at radius 2 is 1.65 bits per heavy atom. The fourth-order valence-corrected chi connectivity index (χ4v) is 4.02. The van der Waals surface area contributed by atoms with Crippen molar-refractivity contribution < 1.29 is 4.74 Å². The normalized spacial score (nSPS) is 19.8. The molecule has 0 radical (unpaired) electrons. The molecule has 26 heavy (non-hydrogen) atoms. The molecule has 1 aromatic rings. The molecule has 1 saturated carbocycles. The van der Waals surface area contributed by atoms with E-state index in [0.717, 1.165) is 31.1 Å². The Balaban J connectivity index is 1.49. The standard InChI is InChI=1S/C24H35NO/c1-2-3-4-5-7-18-26-19-8-6-9-21-10-14-23(15-11-21)24-16-12-22(20-25)13-17-24/h2,12-13,16-17,21,23H,1,3-11,14-15,18-19H2. The van der Waals surface area contributed by atoms with Crippen molar-refractivity contribution in [2.45, 2.75) is 76.5 Å². The maximum absolute atomic E-state index is 8.91. The zero-order valence-electron chi connectivity index (χ0n) is 16.3. The van der Waals surface area contributed by atoms with Gasteiger partial charge >= 0.3 is 0 Å². The molecule has 0 aliphatic heterocycles. The highest BCUT2D eigenvalue weighted by Gasteiger charge is 2.21. The average Bonchev–Trinajstić information content (AvgIpc) is 2.70. The number of nitriles is 1. The van der Waals surface area contributed by atoms with Gasteiger partial charge in [-0.3, -0.25) is 0 Å². The van der Waals surface area contributed by atoms with Gasteiger partial charge in [-0.2, -0.15) is 5.26 Å². The summed E-state index contributed by atoms with van der Waals surface area (Å²) in [6.45, 7) is 5.61. The predicted octanol–water partition coefficient (Wildman–Crippen LogP) is 6.77. The Kier molecular flexibility index (Phi) is 10.1. The molecule has 0 saturated heterocycles. The zero-order chi connectivity index (χ0) is 18.5. The van der Waals surface area contributed by atoms with Gasteiger partial charge in [-0.1, -0.05) is 37.5 Å². The molecular weight excluding hydrogens is 318 g/mol. The second kappa shape index (κ2) is 12.7. The first kappa shape index (κ1) is 20.7. The molecule has 1 aliphatic carbocycles. The first-order chi connectivity index (χ1) is 12.8. The van der Waals surface area contributed by atoms with Crippen molar-refractivity contribution in [1.29, 1.82) is 5.26 Å². The lowest BCUT2D eigenvalue weighted by atomic mass is 9.77. The Morgan fingerprint density at radius 1 is 0.962 bits per heavy atom. The van der Waals surface area contributed by atoms with E-state index in [9.17, 15) is 0 Å². The van der Waals surface area contributed by atoms with Crippen molar-refractivity contribution in [2.75, 3.05) is 13.2 Å². The van der Waals surface area contributed by atoms with E-state index in [2.05, 4.69) is 24.8 Å². The summed E-state index contributed by atoms with van der Waals surface area (Å²) >= 11 is 0. The fourth-order valence-electron chi connectivity index (χ4n) is 4.02. The number of hydrogen-bond acceptors (Lipinski definition) is 2. The van der Waals surface area contributed by atoms with Crippen molar-refractivity contribution >= 4 is 0 Å². The number of allylic oxidation sites excluding steroid dienone is 1. The molecule has 0 atom stereocenters. The van der Waals surface area contributed by atoms with Gasteiger partial charge in [0.1, 0.15) is 0 Å². The molecule has 0 heterocycles. The van der Waals surface area contributed by atoms with Crippen LogP contribution in [0.2, 0.25) is 0 Å². The van der Waals surface area contributed by atoms with Crippen molar-refractivity contribution in [3.05, 3.63) is 48.0 Å².